The highest BCUT2D eigenvalue weighted by molar-refractivity contribution is 5.91. The van der Waals surface area contributed by atoms with Crippen LogP contribution in [0.15, 0.2) is 128 Å². The maximum atomic E-state index is 15.0. The van der Waals surface area contributed by atoms with Gasteiger partial charge in [-0.1, -0.05) is 54.6 Å². The Bertz CT molecular complexity index is 2390. The lowest BCUT2D eigenvalue weighted by Crippen LogP contribution is -2.11. The van der Waals surface area contributed by atoms with Gasteiger partial charge in [-0.3, -0.25) is 24.2 Å². The molecule has 270 valence electrons. The van der Waals surface area contributed by atoms with E-state index in [1.165, 1.54) is 6.20 Å². The third-order valence-corrected chi connectivity index (χ3v) is 9.35. The van der Waals surface area contributed by atoms with Gasteiger partial charge >= 0.3 is 0 Å². The Labute approximate surface area is 311 Å². The van der Waals surface area contributed by atoms with E-state index in [0.29, 0.717) is 60.3 Å². The van der Waals surface area contributed by atoms with E-state index in [0.717, 1.165) is 45.6 Å². The molecule has 8 nitrogen and oxygen atoms in total. The minimum absolute atomic E-state index is 0.0945. The Kier molecular flexibility index (Phi) is 10.9. The van der Waals surface area contributed by atoms with Gasteiger partial charge in [0, 0.05) is 42.6 Å². The van der Waals surface area contributed by atoms with E-state index in [-0.39, 0.29) is 17.4 Å². The van der Waals surface area contributed by atoms with Crippen LogP contribution in [0.3, 0.4) is 0 Å². The van der Waals surface area contributed by atoms with Gasteiger partial charge < -0.3 is 10.6 Å². The molecule has 2 amide bonds. The largest absolute Gasteiger partial charge is 0.325 e. The van der Waals surface area contributed by atoms with Crippen LogP contribution in [0, 0.1) is 11.6 Å². The van der Waals surface area contributed by atoms with Gasteiger partial charge in [0.2, 0.25) is 11.8 Å². The van der Waals surface area contributed by atoms with E-state index in [4.69, 9.17) is 0 Å². The highest BCUT2D eigenvalue weighted by atomic mass is 19.2. The second-order valence-corrected chi connectivity index (χ2v) is 13.2. The first kappa shape index (κ1) is 35.8. The number of pyridine rings is 2. The number of anilines is 2. The van der Waals surface area contributed by atoms with Crippen LogP contribution in [0.2, 0.25) is 0 Å². The number of halogens is 2. The summed E-state index contributed by atoms with van der Waals surface area (Å²) < 4.78 is 31.7. The number of fused-ring (bicyclic) bond motifs is 1. The van der Waals surface area contributed by atoms with E-state index < -0.39 is 11.6 Å². The van der Waals surface area contributed by atoms with Crippen LogP contribution < -0.4 is 10.6 Å². The molecule has 10 heteroatoms. The van der Waals surface area contributed by atoms with Crippen LogP contribution in [0.4, 0.5) is 20.2 Å². The van der Waals surface area contributed by atoms with Gasteiger partial charge in [-0.05, 0) is 102 Å². The number of amides is 2. The summed E-state index contributed by atoms with van der Waals surface area (Å²) in [5.74, 6) is -2.15. The van der Waals surface area contributed by atoms with Crippen molar-refractivity contribution in [3.05, 3.63) is 151 Å². The molecule has 2 N–H and O–H groups in total. The number of rotatable bonds is 13. The minimum atomic E-state index is -0.980. The number of carbonyl (C=O) groups excluding carboxylic acids is 2. The van der Waals surface area contributed by atoms with E-state index in [2.05, 4.69) is 68.2 Å². The molecule has 3 aromatic heterocycles. The number of nitrogens with one attached hydrogen (secondary N) is 2. The summed E-state index contributed by atoms with van der Waals surface area (Å²) >= 11 is 0. The molecular formula is C44H38F2N6O2. The van der Waals surface area contributed by atoms with Crippen molar-refractivity contribution in [2.45, 2.75) is 38.5 Å². The predicted octanol–water partition coefficient (Wildman–Crippen LogP) is 9.57. The van der Waals surface area contributed by atoms with Crippen molar-refractivity contribution in [1.29, 1.82) is 0 Å². The molecule has 0 unspecified atom stereocenters. The standard InChI is InChI=1S/C44H38F2N6O2/c1-52-41-21-18-33(23-35(41)26-49-52)31-14-10-29(11-15-31)5-2-9-43(54)51-37-19-20-40(48-28-37)34-24-38(44(46)39(45)25-34)32-16-12-30(13-17-32)6-3-8-42(53)50-36-7-4-22-47-27-36/h4,7,10-28H,2-3,5-6,8-9H2,1H3,(H,50,53)(H,51,54). The molecule has 0 aliphatic rings. The molecule has 0 spiro atoms. The summed E-state index contributed by atoms with van der Waals surface area (Å²) in [5.41, 5.74) is 8.14. The number of carbonyl (C=O) groups is 2. The van der Waals surface area contributed by atoms with Crippen LogP contribution in [-0.4, -0.2) is 31.6 Å². The summed E-state index contributed by atoms with van der Waals surface area (Å²) in [6.45, 7) is 0. The Balaban J connectivity index is 0.899. The van der Waals surface area contributed by atoms with Crippen molar-refractivity contribution < 1.29 is 18.4 Å². The molecular weight excluding hydrogens is 683 g/mol. The Hall–Kier alpha value is -6.55. The molecule has 7 rings (SSSR count). The van der Waals surface area contributed by atoms with Gasteiger partial charge in [-0.2, -0.15) is 5.10 Å². The van der Waals surface area contributed by atoms with Gasteiger partial charge in [0.1, 0.15) is 0 Å². The molecule has 7 aromatic rings. The molecule has 0 radical (unpaired) electrons. The van der Waals surface area contributed by atoms with Gasteiger partial charge in [0.15, 0.2) is 11.6 Å². The van der Waals surface area contributed by atoms with Gasteiger partial charge in [0.05, 0.1) is 41.2 Å². The Morgan fingerprint density at radius 3 is 1.94 bits per heavy atom. The van der Waals surface area contributed by atoms with Gasteiger partial charge in [-0.25, -0.2) is 8.78 Å². The topological polar surface area (TPSA) is 102 Å². The molecule has 0 aliphatic heterocycles. The number of nitrogens with zero attached hydrogens (tertiary/aromatic N) is 4. The maximum Gasteiger partial charge on any atom is 0.224 e. The summed E-state index contributed by atoms with van der Waals surface area (Å²) in [7, 11) is 1.93. The number of hydrogen-bond donors (Lipinski definition) is 2. The number of aryl methyl sites for hydroxylation is 3. The molecule has 4 aromatic carbocycles. The lowest BCUT2D eigenvalue weighted by molar-refractivity contribution is -0.117. The average Bonchev–Trinajstić information content (AvgIpc) is 3.56. The first-order chi connectivity index (χ1) is 26.3. The Morgan fingerprint density at radius 1 is 0.667 bits per heavy atom. The normalized spacial score (nSPS) is 11.1. The highest BCUT2D eigenvalue weighted by Crippen LogP contribution is 2.31. The van der Waals surface area contributed by atoms with Crippen molar-refractivity contribution in [3.8, 4) is 33.5 Å². The third kappa shape index (κ3) is 8.73. The Morgan fingerprint density at radius 2 is 1.31 bits per heavy atom. The number of hydrogen-bond acceptors (Lipinski definition) is 5. The third-order valence-electron chi connectivity index (χ3n) is 9.35. The van der Waals surface area contributed by atoms with Crippen LogP contribution in [0.1, 0.15) is 36.8 Å². The molecule has 0 fully saturated rings. The van der Waals surface area contributed by atoms with E-state index in [1.54, 1.807) is 54.9 Å². The van der Waals surface area contributed by atoms with Crippen LogP contribution in [0.25, 0.3) is 44.4 Å². The van der Waals surface area contributed by atoms with Crippen molar-refractivity contribution >= 4 is 34.1 Å². The summed E-state index contributed by atoms with van der Waals surface area (Å²) in [5, 5.41) is 11.1. The fourth-order valence-corrected chi connectivity index (χ4v) is 6.43. The first-order valence-electron chi connectivity index (χ1n) is 17.8. The zero-order valence-corrected chi connectivity index (χ0v) is 29.7. The fraction of sp³-hybridized carbons (Fsp3) is 0.159. The van der Waals surface area contributed by atoms with Crippen LogP contribution in [0.5, 0.6) is 0 Å². The van der Waals surface area contributed by atoms with E-state index in [1.807, 2.05) is 30.1 Å². The SMILES string of the molecule is Cn1ncc2cc(-c3ccc(CCCC(=O)Nc4ccc(-c5cc(F)c(F)c(-c6ccc(CCCC(=O)Nc7cccnc7)cc6)c5)nc4)cc3)ccc21. The zero-order valence-electron chi connectivity index (χ0n) is 29.7. The number of benzene rings is 4. The van der Waals surface area contributed by atoms with Crippen LogP contribution >= 0.6 is 0 Å². The zero-order chi connectivity index (χ0) is 37.4. The van der Waals surface area contributed by atoms with E-state index >= 15 is 4.39 Å². The van der Waals surface area contributed by atoms with E-state index in [9.17, 15) is 14.0 Å². The average molecular weight is 721 g/mol. The summed E-state index contributed by atoms with van der Waals surface area (Å²) in [6, 6.07) is 31.5. The van der Waals surface area contributed by atoms with Gasteiger partial charge in [-0.15, -0.1) is 0 Å². The monoisotopic (exact) mass is 720 g/mol. The maximum absolute atomic E-state index is 15.0. The van der Waals surface area contributed by atoms with Crippen molar-refractivity contribution in [2.75, 3.05) is 10.6 Å². The summed E-state index contributed by atoms with van der Waals surface area (Å²) in [4.78, 5) is 33.4. The van der Waals surface area contributed by atoms with Crippen molar-refractivity contribution in [1.82, 2.24) is 19.7 Å². The molecule has 0 saturated heterocycles. The van der Waals surface area contributed by atoms with Crippen molar-refractivity contribution in [3.63, 3.8) is 0 Å². The molecule has 3 heterocycles. The minimum Gasteiger partial charge on any atom is -0.325 e. The molecule has 54 heavy (non-hydrogen) atoms. The molecule has 0 atom stereocenters. The first-order valence-corrected chi connectivity index (χ1v) is 17.8. The lowest BCUT2D eigenvalue weighted by atomic mass is 9.98. The lowest BCUT2D eigenvalue weighted by Gasteiger charge is -2.10. The second kappa shape index (κ2) is 16.4. The quantitative estimate of drug-likeness (QED) is 0.124. The number of aromatic nitrogens is 4. The fourth-order valence-electron chi connectivity index (χ4n) is 6.43. The highest BCUT2D eigenvalue weighted by Gasteiger charge is 2.15. The summed E-state index contributed by atoms with van der Waals surface area (Å²) in [6.07, 6.45) is 10.0. The van der Waals surface area contributed by atoms with Gasteiger partial charge in [0.25, 0.3) is 0 Å². The molecule has 0 aliphatic carbocycles. The molecule has 0 bridgehead atoms. The smallest absolute Gasteiger partial charge is 0.224 e. The predicted molar refractivity (Wildman–Crippen MR) is 209 cm³/mol. The van der Waals surface area contributed by atoms with Crippen LogP contribution in [-0.2, 0) is 29.5 Å². The van der Waals surface area contributed by atoms with Crippen molar-refractivity contribution in [2.24, 2.45) is 7.05 Å². The second-order valence-electron chi connectivity index (χ2n) is 13.2. The molecule has 0 saturated carbocycles.